The van der Waals surface area contributed by atoms with Crippen molar-refractivity contribution in [1.29, 1.82) is 0 Å². The van der Waals surface area contributed by atoms with Gasteiger partial charge in [-0.2, -0.15) is 0 Å². The lowest BCUT2D eigenvalue weighted by Gasteiger charge is -2.38. The molecule has 2 aromatic rings. The highest BCUT2D eigenvalue weighted by molar-refractivity contribution is 5.98. The minimum absolute atomic E-state index is 0.100. The molecule has 9 nitrogen and oxygen atoms in total. The smallest absolute Gasteiger partial charge is 0.251 e. The van der Waals surface area contributed by atoms with E-state index in [1.165, 1.54) is 7.11 Å². The highest BCUT2D eigenvalue weighted by atomic mass is 16.6. The van der Waals surface area contributed by atoms with Gasteiger partial charge in [0.05, 0.1) is 25.8 Å². The Bertz CT molecular complexity index is 1290. The Balaban J connectivity index is 1.32. The maximum atomic E-state index is 13.3. The van der Waals surface area contributed by atoms with Crippen molar-refractivity contribution in [2.45, 2.75) is 63.6 Å². The molecule has 0 aromatic heterocycles. The minimum Gasteiger partial charge on any atom is -0.493 e. The Hall–Kier alpha value is -3.85. The van der Waals surface area contributed by atoms with Crippen LogP contribution in [-0.4, -0.2) is 43.1 Å². The SMILES string of the molecule is CONC1=NC(C/C=C/c2ccc3c(c2)C(NC(=O)c2ccc4c(c2)CCCO4)CC(C)(C)O3)CC(=O)N1. The van der Waals surface area contributed by atoms with Crippen LogP contribution in [0, 0.1) is 0 Å². The third kappa shape index (κ3) is 5.99. The van der Waals surface area contributed by atoms with E-state index < -0.39 is 5.60 Å². The molecule has 0 saturated heterocycles. The Morgan fingerprint density at radius 1 is 1.24 bits per heavy atom. The Morgan fingerprint density at radius 2 is 2.08 bits per heavy atom. The number of fused-ring (bicyclic) bond motifs is 2. The summed E-state index contributed by atoms with van der Waals surface area (Å²) in [6.07, 6.45) is 7.46. The maximum Gasteiger partial charge on any atom is 0.251 e. The van der Waals surface area contributed by atoms with Gasteiger partial charge in [0.25, 0.3) is 5.91 Å². The molecule has 3 heterocycles. The van der Waals surface area contributed by atoms with E-state index in [9.17, 15) is 9.59 Å². The van der Waals surface area contributed by atoms with E-state index in [1.807, 2.05) is 56.3 Å². The molecule has 9 heteroatoms. The molecule has 3 aliphatic rings. The fraction of sp³-hybridized carbons (Fsp3) is 0.414. The van der Waals surface area contributed by atoms with Gasteiger partial charge in [0.1, 0.15) is 17.1 Å². The molecule has 3 aliphatic heterocycles. The standard InChI is InChI=1S/C29H34N4O5/c1-29(2)17-23(31-27(35)20-10-12-24-19(15-20)7-5-13-37-24)22-14-18(9-11-25(22)38-29)6-4-8-21-16-26(34)32-28(30-21)33-36-3/h4,6,9-12,14-15,21,23H,5,7-8,13,16-17H2,1-3H3,(H,31,35)(H2,30,32,33,34)/b6-4+. The highest BCUT2D eigenvalue weighted by Crippen LogP contribution is 2.40. The summed E-state index contributed by atoms with van der Waals surface area (Å²) in [7, 11) is 1.47. The molecular formula is C29H34N4O5. The van der Waals surface area contributed by atoms with Crippen molar-refractivity contribution in [3.8, 4) is 11.5 Å². The first-order valence-corrected chi connectivity index (χ1v) is 13.0. The van der Waals surface area contributed by atoms with Crippen LogP contribution >= 0.6 is 0 Å². The van der Waals surface area contributed by atoms with E-state index in [1.54, 1.807) is 0 Å². The maximum absolute atomic E-state index is 13.3. The van der Waals surface area contributed by atoms with Crippen LogP contribution in [0.15, 0.2) is 47.5 Å². The summed E-state index contributed by atoms with van der Waals surface area (Å²) in [4.78, 5) is 34.5. The number of hydrogen-bond acceptors (Lipinski definition) is 7. The van der Waals surface area contributed by atoms with Crippen LogP contribution in [0.1, 0.15) is 72.6 Å². The second kappa shape index (κ2) is 10.9. The molecule has 0 fully saturated rings. The number of ether oxygens (including phenoxy) is 2. The quantitative estimate of drug-likeness (QED) is 0.501. The summed E-state index contributed by atoms with van der Waals surface area (Å²) >= 11 is 0. The van der Waals surface area contributed by atoms with Gasteiger partial charge in [0, 0.05) is 24.0 Å². The first kappa shape index (κ1) is 25.8. The van der Waals surface area contributed by atoms with Crippen LogP contribution in [0.25, 0.3) is 6.08 Å². The summed E-state index contributed by atoms with van der Waals surface area (Å²) in [6.45, 7) is 4.79. The third-order valence-electron chi connectivity index (χ3n) is 6.87. The molecule has 5 rings (SSSR count). The Morgan fingerprint density at radius 3 is 2.92 bits per heavy atom. The molecule has 2 atom stereocenters. The number of benzene rings is 2. The van der Waals surface area contributed by atoms with Crippen LogP contribution in [-0.2, 0) is 16.1 Å². The number of guanidine groups is 1. The predicted molar refractivity (Wildman–Crippen MR) is 144 cm³/mol. The number of aliphatic imine (C=N–C) groups is 1. The zero-order valence-corrected chi connectivity index (χ0v) is 22.0. The lowest BCUT2D eigenvalue weighted by molar-refractivity contribution is -0.120. The average Bonchev–Trinajstić information content (AvgIpc) is 2.88. The molecule has 2 aromatic carbocycles. The van der Waals surface area contributed by atoms with Crippen LogP contribution in [0.2, 0.25) is 0 Å². The van der Waals surface area contributed by atoms with Gasteiger partial charge in [-0.3, -0.25) is 19.7 Å². The lowest BCUT2D eigenvalue weighted by Crippen LogP contribution is -2.45. The van der Waals surface area contributed by atoms with Gasteiger partial charge < -0.3 is 14.8 Å². The molecule has 38 heavy (non-hydrogen) atoms. The Labute approximate surface area is 222 Å². The van der Waals surface area contributed by atoms with E-state index in [-0.39, 0.29) is 23.9 Å². The van der Waals surface area contributed by atoms with Crippen molar-refractivity contribution in [1.82, 2.24) is 16.1 Å². The monoisotopic (exact) mass is 518 g/mol. The molecule has 0 spiro atoms. The molecule has 0 aliphatic carbocycles. The molecule has 3 N–H and O–H groups in total. The highest BCUT2D eigenvalue weighted by Gasteiger charge is 2.35. The van der Waals surface area contributed by atoms with Gasteiger partial charge in [0.2, 0.25) is 11.9 Å². The van der Waals surface area contributed by atoms with Crippen molar-refractivity contribution in [2.75, 3.05) is 13.7 Å². The summed E-state index contributed by atoms with van der Waals surface area (Å²) in [6, 6.07) is 11.3. The molecule has 200 valence electrons. The summed E-state index contributed by atoms with van der Waals surface area (Å²) in [5, 5.41) is 5.89. The van der Waals surface area contributed by atoms with E-state index in [0.717, 1.165) is 47.6 Å². The number of hydrogen-bond donors (Lipinski definition) is 3. The fourth-order valence-electron chi connectivity index (χ4n) is 5.15. The van der Waals surface area contributed by atoms with Crippen LogP contribution < -0.4 is 25.6 Å². The first-order valence-electron chi connectivity index (χ1n) is 13.0. The molecule has 2 unspecified atom stereocenters. The number of nitrogens with one attached hydrogen (secondary N) is 3. The first-order chi connectivity index (χ1) is 18.3. The number of carbonyl (C=O) groups is 2. The number of rotatable bonds is 6. The summed E-state index contributed by atoms with van der Waals surface area (Å²) in [5.74, 6) is 1.75. The van der Waals surface area contributed by atoms with Crippen molar-refractivity contribution in [2.24, 2.45) is 4.99 Å². The predicted octanol–water partition coefficient (Wildman–Crippen LogP) is 3.84. The van der Waals surface area contributed by atoms with E-state index in [2.05, 4.69) is 27.2 Å². The number of amides is 2. The van der Waals surface area contributed by atoms with Gasteiger partial charge in [-0.25, -0.2) is 10.5 Å². The Kier molecular flexibility index (Phi) is 7.37. The van der Waals surface area contributed by atoms with Crippen molar-refractivity contribution in [3.63, 3.8) is 0 Å². The van der Waals surface area contributed by atoms with E-state index in [0.29, 0.717) is 30.8 Å². The topological polar surface area (TPSA) is 110 Å². The van der Waals surface area contributed by atoms with Crippen molar-refractivity contribution in [3.05, 3.63) is 64.7 Å². The van der Waals surface area contributed by atoms with E-state index >= 15 is 0 Å². The zero-order valence-electron chi connectivity index (χ0n) is 22.0. The van der Waals surface area contributed by atoms with Gasteiger partial charge in [0.15, 0.2) is 0 Å². The third-order valence-corrected chi connectivity index (χ3v) is 6.87. The van der Waals surface area contributed by atoms with E-state index in [4.69, 9.17) is 14.3 Å². The fourth-order valence-corrected chi connectivity index (χ4v) is 5.15. The average molecular weight is 519 g/mol. The molecule has 0 bridgehead atoms. The number of carbonyl (C=O) groups excluding carboxylic acids is 2. The van der Waals surface area contributed by atoms with Gasteiger partial charge >= 0.3 is 0 Å². The molecule has 0 saturated carbocycles. The largest absolute Gasteiger partial charge is 0.493 e. The molecule has 2 amide bonds. The lowest BCUT2D eigenvalue weighted by atomic mass is 9.88. The second-order valence-corrected chi connectivity index (χ2v) is 10.5. The number of aryl methyl sites for hydroxylation is 1. The number of hydroxylamine groups is 1. The van der Waals surface area contributed by atoms with Crippen molar-refractivity contribution < 1.29 is 23.9 Å². The van der Waals surface area contributed by atoms with Crippen molar-refractivity contribution >= 4 is 23.8 Å². The minimum atomic E-state index is -0.417. The van der Waals surface area contributed by atoms with Crippen LogP contribution in [0.5, 0.6) is 11.5 Å². The van der Waals surface area contributed by atoms with Gasteiger partial charge in [-0.15, -0.1) is 0 Å². The molecule has 0 radical (unpaired) electrons. The summed E-state index contributed by atoms with van der Waals surface area (Å²) in [5.41, 5.74) is 5.81. The summed E-state index contributed by atoms with van der Waals surface area (Å²) < 4.78 is 11.9. The second-order valence-electron chi connectivity index (χ2n) is 10.5. The molecular weight excluding hydrogens is 484 g/mol. The number of nitrogens with zero attached hydrogens (tertiary/aromatic N) is 1. The van der Waals surface area contributed by atoms with Gasteiger partial charge in [-0.1, -0.05) is 18.2 Å². The van der Waals surface area contributed by atoms with Crippen LogP contribution in [0.4, 0.5) is 0 Å². The normalized spacial score (nSPS) is 21.8. The zero-order chi connectivity index (χ0) is 26.7. The van der Waals surface area contributed by atoms with Crippen LogP contribution in [0.3, 0.4) is 0 Å². The van der Waals surface area contributed by atoms with Gasteiger partial charge in [-0.05, 0) is 74.6 Å².